The molecule has 1 atom stereocenters. The second-order valence-electron chi connectivity index (χ2n) is 4.61. The molecule has 98 valence electrons. The summed E-state index contributed by atoms with van der Waals surface area (Å²) in [6.45, 7) is 1.78. The number of amides is 2. The number of hydrogen-bond donors (Lipinski definition) is 2. The predicted molar refractivity (Wildman–Crippen MR) is 74.1 cm³/mol. The van der Waals surface area contributed by atoms with Crippen molar-refractivity contribution < 1.29 is 4.79 Å². The molecule has 0 spiro atoms. The number of carbonyl (C=O) groups is 1. The summed E-state index contributed by atoms with van der Waals surface area (Å²) >= 11 is 5.87. The Bertz CT molecular complexity index is 418. The number of carbonyl (C=O) groups excluding carboxylic acids is 1. The van der Waals surface area contributed by atoms with Crippen LogP contribution in [0.1, 0.15) is 12.8 Å². The molecule has 1 heterocycles. The van der Waals surface area contributed by atoms with Gasteiger partial charge in [0.2, 0.25) is 0 Å². The predicted octanol–water partition coefficient (Wildman–Crippen LogP) is 2.56. The molecule has 1 aliphatic heterocycles. The van der Waals surface area contributed by atoms with Crippen molar-refractivity contribution in [2.45, 2.75) is 18.9 Å². The van der Waals surface area contributed by atoms with Gasteiger partial charge in [-0.25, -0.2) is 4.79 Å². The average Bonchev–Trinajstić information content (AvgIpc) is 2.81. The van der Waals surface area contributed by atoms with Gasteiger partial charge in [0.1, 0.15) is 0 Å². The summed E-state index contributed by atoms with van der Waals surface area (Å²) < 4.78 is 0. The van der Waals surface area contributed by atoms with Gasteiger partial charge in [-0.15, -0.1) is 0 Å². The highest BCUT2D eigenvalue weighted by Crippen LogP contribution is 2.15. The molecule has 0 radical (unpaired) electrons. The lowest BCUT2D eigenvalue weighted by molar-refractivity contribution is 0.218. The highest BCUT2D eigenvalue weighted by Gasteiger charge is 2.18. The number of halogens is 1. The molecule has 0 bridgehead atoms. The van der Waals surface area contributed by atoms with Gasteiger partial charge in [0.05, 0.1) is 0 Å². The second kappa shape index (κ2) is 6.07. The number of anilines is 1. The van der Waals surface area contributed by atoms with E-state index < -0.39 is 0 Å². The van der Waals surface area contributed by atoms with Crippen LogP contribution in [-0.2, 0) is 0 Å². The lowest BCUT2D eigenvalue weighted by atomic mass is 10.2. The maximum atomic E-state index is 12.0. The van der Waals surface area contributed by atoms with Crippen LogP contribution in [0.5, 0.6) is 0 Å². The van der Waals surface area contributed by atoms with Crippen molar-refractivity contribution >= 4 is 23.3 Å². The lowest BCUT2D eigenvalue weighted by Crippen LogP contribution is -2.40. The maximum Gasteiger partial charge on any atom is 0.321 e. The Labute approximate surface area is 112 Å². The average molecular weight is 268 g/mol. The van der Waals surface area contributed by atoms with Crippen LogP contribution in [-0.4, -0.2) is 37.1 Å². The summed E-state index contributed by atoms with van der Waals surface area (Å²) in [5.74, 6) is 0. The molecule has 0 aromatic heterocycles. The summed E-state index contributed by atoms with van der Waals surface area (Å²) in [6.07, 6.45) is 2.32. The van der Waals surface area contributed by atoms with Crippen LogP contribution in [0.3, 0.4) is 0 Å². The van der Waals surface area contributed by atoms with Gasteiger partial charge >= 0.3 is 6.03 Å². The van der Waals surface area contributed by atoms with Gasteiger partial charge in [0.25, 0.3) is 0 Å². The molecule has 1 aromatic rings. The van der Waals surface area contributed by atoms with Crippen molar-refractivity contribution in [2.75, 3.05) is 25.5 Å². The van der Waals surface area contributed by atoms with E-state index in [1.807, 2.05) is 12.1 Å². The van der Waals surface area contributed by atoms with Crippen molar-refractivity contribution in [2.24, 2.45) is 0 Å². The fourth-order valence-electron chi connectivity index (χ4n) is 2.11. The summed E-state index contributed by atoms with van der Waals surface area (Å²) in [5.41, 5.74) is 0.721. The highest BCUT2D eigenvalue weighted by atomic mass is 35.5. The molecule has 1 aliphatic rings. The van der Waals surface area contributed by atoms with Crippen LogP contribution in [0.4, 0.5) is 10.5 Å². The van der Waals surface area contributed by atoms with Crippen LogP contribution < -0.4 is 10.6 Å². The Kier molecular flexibility index (Phi) is 4.44. The molecular formula is C13H18ClN3O. The normalized spacial score (nSPS) is 18.7. The molecule has 1 saturated heterocycles. The third kappa shape index (κ3) is 3.62. The van der Waals surface area contributed by atoms with Gasteiger partial charge in [-0.2, -0.15) is 0 Å². The third-order valence-electron chi connectivity index (χ3n) is 3.08. The van der Waals surface area contributed by atoms with E-state index in [1.54, 1.807) is 24.1 Å². The topological polar surface area (TPSA) is 44.4 Å². The Morgan fingerprint density at radius 3 is 3.11 bits per heavy atom. The van der Waals surface area contributed by atoms with Crippen LogP contribution in [0, 0.1) is 0 Å². The van der Waals surface area contributed by atoms with Crippen LogP contribution in [0.2, 0.25) is 5.02 Å². The first-order chi connectivity index (χ1) is 8.65. The van der Waals surface area contributed by atoms with Gasteiger partial charge in [-0.05, 0) is 37.6 Å². The standard InChI is InChI=1S/C13H18ClN3O/c1-17(9-12-6-3-7-15-12)13(18)16-11-5-2-4-10(14)8-11/h2,4-5,8,12,15H,3,6-7,9H2,1H3,(H,16,18). The van der Waals surface area contributed by atoms with Gasteiger partial charge in [0.15, 0.2) is 0 Å². The van der Waals surface area contributed by atoms with Gasteiger partial charge < -0.3 is 15.5 Å². The van der Waals surface area contributed by atoms with E-state index >= 15 is 0 Å². The summed E-state index contributed by atoms with van der Waals surface area (Å²) in [4.78, 5) is 13.7. The van der Waals surface area contributed by atoms with Crippen molar-refractivity contribution in [3.8, 4) is 0 Å². The Morgan fingerprint density at radius 2 is 2.44 bits per heavy atom. The summed E-state index contributed by atoms with van der Waals surface area (Å²) in [5, 5.41) is 6.82. The van der Waals surface area contributed by atoms with Crippen molar-refractivity contribution in [1.29, 1.82) is 0 Å². The molecule has 0 saturated carbocycles. The van der Waals surface area contributed by atoms with E-state index in [0.29, 0.717) is 11.1 Å². The summed E-state index contributed by atoms with van der Waals surface area (Å²) in [7, 11) is 1.81. The minimum Gasteiger partial charge on any atom is -0.326 e. The maximum absolute atomic E-state index is 12.0. The second-order valence-corrected chi connectivity index (χ2v) is 5.05. The van der Waals surface area contributed by atoms with Gasteiger partial charge in [-0.1, -0.05) is 17.7 Å². The SMILES string of the molecule is CN(CC1CCCN1)C(=O)Nc1cccc(Cl)c1. The highest BCUT2D eigenvalue weighted by molar-refractivity contribution is 6.30. The smallest absolute Gasteiger partial charge is 0.321 e. The molecule has 18 heavy (non-hydrogen) atoms. The first kappa shape index (κ1) is 13.2. The summed E-state index contributed by atoms with van der Waals surface area (Å²) in [6, 6.07) is 7.47. The van der Waals surface area contributed by atoms with Crippen molar-refractivity contribution in [3.63, 3.8) is 0 Å². The first-order valence-corrected chi connectivity index (χ1v) is 6.54. The monoisotopic (exact) mass is 267 g/mol. The number of nitrogens with zero attached hydrogens (tertiary/aromatic N) is 1. The Hall–Kier alpha value is -1.26. The number of hydrogen-bond acceptors (Lipinski definition) is 2. The number of likely N-dealkylation sites (N-methyl/N-ethyl adjacent to an activating group) is 1. The van der Waals surface area contributed by atoms with Gasteiger partial charge in [0, 0.05) is 30.3 Å². The lowest BCUT2D eigenvalue weighted by Gasteiger charge is -2.21. The Morgan fingerprint density at radius 1 is 1.61 bits per heavy atom. The number of benzene rings is 1. The third-order valence-corrected chi connectivity index (χ3v) is 3.31. The van der Waals surface area contributed by atoms with E-state index in [1.165, 1.54) is 6.42 Å². The molecule has 1 fully saturated rings. The fourth-order valence-corrected chi connectivity index (χ4v) is 2.30. The molecule has 2 N–H and O–H groups in total. The molecule has 1 unspecified atom stereocenters. The zero-order valence-corrected chi connectivity index (χ0v) is 11.2. The van der Waals surface area contributed by atoms with Crippen molar-refractivity contribution in [1.82, 2.24) is 10.2 Å². The first-order valence-electron chi connectivity index (χ1n) is 6.16. The minimum absolute atomic E-state index is 0.106. The molecule has 4 nitrogen and oxygen atoms in total. The number of nitrogens with one attached hydrogen (secondary N) is 2. The molecule has 5 heteroatoms. The van der Waals surface area contributed by atoms with Crippen LogP contribution in [0.15, 0.2) is 24.3 Å². The molecule has 0 aliphatic carbocycles. The molecule has 1 aromatic carbocycles. The quantitative estimate of drug-likeness (QED) is 0.884. The molecule has 2 rings (SSSR count). The number of rotatable bonds is 3. The van der Waals surface area contributed by atoms with Crippen molar-refractivity contribution in [3.05, 3.63) is 29.3 Å². The van der Waals surface area contributed by atoms with Crippen LogP contribution >= 0.6 is 11.6 Å². The van der Waals surface area contributed by atoms with E-state index in [-0.39, 0.29) is 6.03 Å². The fraction of sp³-hybridized carbons (Fsp3) is 0.462. The zero-order valence-electron chi connectivity index (χ0n) is 10.4. The Balaban J connectivity index is 1.86. The van der Waals surface area contributed by atoms with Gasteiger partial charge in [-0.3, -0.25) is 0 Å². The van der Waals surface area contributed by atoms with Crippen LogP contribution in [0.25, 0.3) is 0 Å². The minimum atomic E-state index is -0.106. The largest absolute Gasteiger partial charge is 0.326 e. The van der Waals surface area contributed by atoms with E-state index in [2.05, 4.69) is 10.6 Å². The van der Waals surface area contributed by atoms with E-state index in [4.69, 9.17) is 11.6 Å². The van der Waals surface area contributed by atoms with E-state index in [9.17, 15) is 4.79 Å². The molecule has 2 amide bonds. The number of urea groups is 1. The molecular weight excluding hydrogens is 250 g/mol. The van der Waals surface area contributed by atoms with E-state index in [0.717, 1.165) is 25.2 Å². The zero-order chi connectivity index (χ0) is 13.0.